The van der Waals surface area contributed by atoms with E-state index in [4.69, 9.17) is 6.42 Å². The fourth-order valence-corrected chi connectivity index (χ4v) is 3.64. The van der Waals surface area contributed by atoms with Crippen LogP contribution < -0.4 is 10.6 Å². The molecule has 8 heteroatoms. The molecule has 0 aliphatic heterocycles. The van der Waals surface area contributed by atoms with Gasteiger partial charge in [-0.05, 0) is 49.9 Å². The highest BCUT2D eigenvalue weighted by molar-refractivity contribution is 6.43. The highest BCUT2D eigenvalue weighted by Gasteiger charge is 2.46. The molecule has 2 amide bonds. The minimum Gasteiger partial charge on any atom is -0.343 e. The Balaban J connectivity index is 1.90. The molecule has 1 aromatic carbocycles. The van der Waals surface area contributed by atoms with E-state index in [-0.39, 0.29) is 17.8 Å². The largest absolute Gasteiger partial charge is 0.343 e. The summed E-state index contributed by atoms with van der Waals surface area (Å²) in [7, 11) is 1.62. The topological polar surface area (TPSA) is 80.2 Å². The van der Waals surface area contributed by atoms with Crippen molar-refractivity contribution in [2.75, 3.05) is 6.54 Å². The molecular formula is C22H21F2N3O3. The lowest BCUT2D eigenvalue weighted by Crippen LogP contribution is -2.36. The Morgan fingerprint density at radius 3 is 2.43 bits per heavy atom. The van der Waals surface area contributed by atoms with E-state index < -0.39 is 34.8 Å². The maximum absolute atomic E-state index is 13.7. The van der Waals surface area contributed by atoms with Gasteiger partial charge in [0.2, 0.25) is 0 Å². The number of benzene rings is 1. The van der Waals surface area contributed by atoms with Crippen LogP contribution in [0.4, 0.5) is 8.78 Å². The fourth-order valence-electron chi connectivity index (χ4n) is 3.64. The molecule has 2 aromatic rings. The zero-order chi connectivity index (χ0) is 22.2. The molecule has 0 spiro atoms. The zero-order valence-corrected chi connectivity index (χ0v) is 16.9. The summed E-state index contributed by atoms with van der Waals surface area (Å²) >= 11 is 0. The van der Waals surface area contributed by atoms with Gasteiger partial charge >= 0.3 is 0 Å². The Labute approximate surface area is 172 Å². The van der Waals surface area contributed by atoms with Gasteiger partial charge in [0.1, 0.15) is 5.69 Å². The number of carbonyl (C=O) groups excluding carboxylic acids is 3. The molecule has 1 fully saturated rings. The number of ketones is 1. The van der Waals surface area contributed by atoms with E-state index >= 15 is 0 Å². The molecule has 1 aliphatic rings. The number of rotatable bonds is 6. The van der Waals surface area contributed by atoms with Gasteiger partial charge in [-0.15, -0.1) is 6.42 Å². The Hall–Kier alpha value is -3.47. The number of carbonyl (C=O) groups is 3. The van der Waals surface area contributed by atoms with Crippen LogP contribution in [-0.4, -0.2) is 28.7 Å². The van der Waals surface area contributed by atoms with Gasteiger partial charge in [0.05, 0.1) is 17.6 Å². The number of terminal acetylenes is 1. The fraction of sp³-hybridized carbons (Fsp3) is 0.318. The summed E-state index contributed by atoms with van der Waals surface area (Å²) in [6, 6.07) is 3.55. The van der Waals surface area contributed by atoms with E-state index in [9.17, 15) is 23.2 Å². The van der Waals surface area contributed by atoms with E-state index in [2.05, 4.69) is 16.6 Å². The number of Topliss-reactive ketones (excluding diaryl/α,β-unsaturated/α-hetero) is 1. The lowest BCUT2D eigenvalue weighted by atomic mass is 10.0. The molecule has 1 aromatic heterocycles. The van der Waals surface area contributed by atoms with E-state index in [1.54, 1.807) is 20.9 Å². The standard InChI is InChI=1S/C22H21F2N3O3/c1-5-10-25-21(30)19(28)17-12(2)18(27(4)13(17)3)20(29)26-22(8-9-22)14-6-7-15(23)16(24)11-14/h1,6-7,11H,8-10H2,2-4H3,(H,25,30)(H,26,29). The van der Waals surface area contributed by atoms with Crippen LogP contribution in [0.2, 0.25) is 0 Å². The van der Waals surface area contributed by atoms with Crippen LogP contribution in [0.25, 0.3) is 0 Å². The predicted molar refractivity (Wildman–Crippen MR) is 106 cm³/mol. The van der Waals surface area contributed by atoms with Gasteiger partial charge in [0, 0.05) is 12.7 Å². The van der Waals surface area contributed by atoms with Crippen LogP contribution in [0.15, 0.2) is 18.2 Å². The molecule has 2 N–H and O–H groups in total. The molecule has 0 radical (unpaired) electrons. The smallest absolute Gasteiger partial charge is 0.293 e. The van der Waals surface area contributed by atoms with E-state index in [1.165, 1.54) is 10.6 Å². The molecule has 6 nitrogen and oxygen atoms in total. The van der Waals surface area contributed by atoms with Gasteiger partial charge in [-0.2, -0.15) is 0 Å². The zero-order valence-electron chi connectivity index (χ0n) is 16.9. The Morgan fingerprint density at radius 1 is 1.20 bits per heavy atom. The van der Waals surface area contributed by atoms with Gasteiger partial charge in [0.15, 0.2) is 11.6 Å². The average Bonchev–Trinajstić information content (AvgIpc) is 3.44. The van der Waals surface area contributed by atoms with E-state index in [0.29, 0.717) is 29.7 Å². The first-order valence-electron chi connectivity index (χ1n) is 9.33. The lowest BCUT2D eigenvalue weighted by molar-refractivity contribution is -0.116. The average molecular weight is 413 g/mol. The summed E-state index contributed by atoms with van der Waals surface area (Å²) < 4.78 is 28.5. The first-order chi connectivity index (χ1) is 14.1. The highest BCUT2D eigenvalue weighted by atomic mass is 19.2. The molecule has 0 unspecified atom stereocenters. The number of hydrogen-bond acceptors (Lipinski definition) is 3. The van der Waals surface area contributed by atoms with Gasteiger partial charge in [-0.3, -0.25) is 14.4 Å². The van der Waals surface area contributed by atoms with Crippen LogP contribution in [0, 0.1) is 37.8 Å². The summed E-state index contributed by atoms with van der Waals surface area (Å²) in [6.45, 7) is 3.13. The number of hydrogen-bond donors (Lipinski definition) is 2. The van der Waals surface area contributed by atoms with E-state index in [0.717, 1.165) is 12.1 Å². The SMILES string of the molecule is C#CCNC(=O)C(=O)c1c(C)c(C(=O)NC2(c3ccc(F)c(F)c3)CC2)n(C)c1C. The van der Waals surface area contributed by atoms with Crippen molar-refractivity contribution in [2.45, 2.75) is 32.2 Å². The second-order valence-electron chi connectivity index (χ2n) is 7.37. The van der Waals surface area contributed by atoms with Crippen LogP contribution in [-0.2, 0) is 17.4 Å². The molecule has 1 heterocycles. The Morgan fingerprint density at radius 2 is 1.87 bits per heavy atom. The van der Waals surface area contributed by atoms with Gasteiger partial charge < -0.3 is 15.2 Å². The Bertz CT molecular complexity index is 1110. The van der Waals surface area contributed by atoms with Crippen molar-refractivity contribution in [1.82, 2.24) is 15.2 Å². The first-order valence-corrected chi connectivity index (χ1v) is 9.33. The lowest BCUT2D eigenvalue weighted by Gasteiger charge is -2.19. The quantitative estimate of drug-likeness (QED) is 0.433. The van der Waals surface area contributed by atoms with Gasteiger partial charge in [-0.25, -0.2) is 8.78 Å². The summed E-state index contributed by atoms with van der Waals surface area (Å²) in [5.41, 5.74) is 0.850. The molecule has 0 bridgehead atoms. The summed E-state index contributed by atoms with van der Waals surface area (Å²) in [4.78, 5) is 37.7. The Kier molecular flexibility index (Phi) is 5.49. The highest BCUT2D eigenvalue weighted by Crippen LogP contribution is 2.46. The molecule has 1 aliphatic carbocycles. The minimum atomic E-state index is -0.982. The molecular weight excluding hydrogens is 392 g/mol. The van der Waals surface area contributed by atoms with Crippen molar-refractivity contribution in [1.29, 1.82) is 0 Å². The normalized spacial score (nSPS) is 14.0. The van der Waals surface area contributed by atoms with Crippen molar-refractivity contribution in [3.05, 3.63) is 57.9 Å². The van der Waals surface area contributed by atoms with Crippen molar-refractivity contribution in [3.8, 4) is 12.3 Å². The van der Waals surface area contributed by atoms with Gasteiger partial charge in [0.25, 0.3) is 17.6 Å². The molecule has 1 saturated carbocycles. The second kappa shape index (κ2) is 7.75. The number of aromatic nitrogens is 1. The summed E-state index contributed by atoms with van der Waals surface area (Å²) in [5, 5.41) is 5.21. The van der Waals surface area contributed by atoms with Crippen LogP contribution >= 0.6 is 0 Å². The second-order valence-corrected chi connectivity index (χ2v) is 7.37. The van der Waals surface area contributed by atoms with E-state index in [1.807, 2.05) is 0 Å². The molecule has 30 heavy (non-hydrogen) atoms. The van der Waals surface area contributed by atoms with Crippen LogP contribution in [0.5, 0.6) is 0 Å². The minimum absolute atomic E-state index is 0.0837. The van der Waals surface area contributed by atoms with Crippen molar-refractivity contribution in [3.63, 3.8) is 0 Å². The monoisotopic (exact) mass is 413 g/mol. The maximum atomic E-state index is 13.7. The van der Waals surface area contributed by atoms with Crippen LogP contribution in [0.3, 0.4) is 0 Å². The summed E-state index contributed by atoms with van der Waals surface area (Å²) in [5.74, 6) is -1.82. The first kappa shape index (κ1) is 21.2. The predicted octanol–water partition coefficient (Wildman–Crippen LogP) is 2.27. The van der Waals surface area contributed by atoms with Crippen molar-refractivity contribution < 1.29 is 23.2 Å². The van der Waals surface area contributed by atoms with Crippen molar-refractivity contribution in [2.24, 2.45) is 7.05 Å². The molecule has 0 saturated heterocycles. The molecule has 156 valence electrons. The number of amides is 2. The third-order valence-corrected chi connectivity index (χ3v) is 5.50. The number of nitrogens with one attached hydrogen (secondary N) is 2. The maximum Gasteiger partial charge on any atom is 0.293 e. The third-order valence-electron chi connectivity index (χ3n) is 5.50. The molecule has 0 atom stereocenters. The third kappa shape index (κ3) is 3.59. The van der Waals surface area contributed by atoms with Crippen molar-refractivity contribution >= 4 is 17.6 Å². The number of nitrogens with zero attached hydrogens (tertiary/aromatic N) is 1. The number of halogens is 2. The van der Waals surface area contributed by atoms with Gasteiger partial charge in [-0.1, -0.05) is 12.0 Å². The molecule has 3 rings (SSSR count). The van der Waals surface area contributed by atoms with Crippen LogP contribution in [0.1, 0.15) is 50.5 Å². The summed E-state index contributed by atoms with van der Waals surface area (Å²) in [6.07, 6.45) is 6.25.